The fourth-order valence-corrected chi connectivity index (χ4v) is 4.36. The van der Waals surface area contributed by atoms with Crippen molar-refractivity contribution < 1.29 is 4.39 Å². The average Bonchev–Trinajstić information content (AvgIpc) is 3.01. The lowest BCUT2D eigenvalue weighted by atomic mass is 9.97. The Morgan fingerprint density at radius 1 is 1.06 bits per heavy atom. The second-order valence-electron chi connectivity index (χ2n) is 9.63. The first-order valence-corrected chi connectivity index (χ1v) is 12.2. The molecule has 4 rings (SSSR count). The third-order valence-corrected chi connectivity index (χ3v) is 6.55. The number of nitrogens with zero attached hydrogens (tertiary/aromatic N) is 3. The number of anilines is 3. The molecule has 0 saturated carbocycles. The molecular formula is C30H35FN4. The van der Waals surface area contributed by atoms with E-state index in [0.717, 1.165) is 71.3 Å². The quantitative estimate of drug-likeness (QED) is 0.385. The van der Waals surface area contributed by atoms with Crippen molar-refractivity contribution in [2.45, 2.75) is 39.3 Å². The highest BCUT2D eigenvalue weighted by Crippen LogP contribution is 2.36. The van der Waals surface area contributed by atoms with Crippen molar-refractivity contribution in [3.05, 3.63) is 90.8 Å². The molecule has 1 N–H and O–H groups in total. The van der Waals surface area contributed by atoms with Gasteiger partial charge in [0.15, 0.2) is 5.82 Å². The summed E-state index contributed by atoms with van der Waals surface area (Å²) in [7, 11) is 2.09. The van der Waals surface area contributed by atoms with Crippen molar-refractivity contribution in [3.63, 3.8) is 0 Å². The maximum atomic E-state index is 14.6. The monoisotopic (exact) mass is 470 g/mol. The Labute approximate surface area is 208 Å². The van der Waals surface area contributed by atoms with E-state index in [9.17, 15) is 4.39 Å². The second-order valence-corrected chi connectivity index (χ2v) is 9.63. The molecule has 1 aliphatic rings. The molecule has 3 aromatic rings. The second kappa shape index (κ2) is 9.95. The van der Waals surface area contributed by atoms with Crippen molar-refractivity contribution in [3.8, 4) is 11.3 Å². The number of benzene rings is 2. The van der Waals surface area contributed by atoms with Crippen molar-refractivity contribution in [1.29, 1.82) is 0 Å². The van der Waals surface area contributed by atoms with Crippen LogP contribution in [-0.4, -0.2) is 25.1 Å². The zero-order valence-electron chi connectivity index (χ0n) is 21.2. The maximum absolute atomic E-state index is 14.6. The van der Waals surface area contributed by atoms with Crippen LogP contribution in [0.3, 0.4) is 0 Å². The number of alkyl halides is 1. The maximum Gasteiger partial charge on any atom is 0.158 e. The lowest BCUT2D eigenvalue weighted by Gasteiger charge is -2.28. The number of allylic oxidation sites excluding steroid dienone is 1. The van der Waals surface area contributed by atoms with E-state index in [0.29, 0.717) is 5.56 Å². The molecule has 0 atom stereocenters. The average molecular weight is 471 g/mol. The van der Waals surface area contributed by atoms with Gasteiger partial charge in [0.1, 0.15) is 11.5 Å². The Bertz CT molecular complexity index is 1240. The predicted octanol–water partition coefficient (Wildman–Crippen LogP) is 7.61. The molecule has 2 heterocycles. The number of hydrogen-bond donors (Lipinski definition) is 1. The van der Waals surface area contributed by atoms with Crippen molar-refractivity contribution >= 4 is 22.8 Å². The summed E-state index contributed by atoms with van der Waals surface area (Å²) in [5.74, 6) is 1.61. The molecule has 0 amide bonds. The molecule has 0 saturated heterocycles. The first kappa shape index (κ1) is 24.5. The summed E-state index contributed by atoms with van der Waals surface area (Å²) in [6, 6.07) is 19.9. The smallest absolute Gasteiger partial charge is 0.158 e. The summed E-state index contributed by atoms with van der Waals surface area (Å²) < 4.78 is 14.6. The van der Waals surface area contributed by atoms with Gasteiger partial charge >= 0.3 is 0 Å². The van der Waals surface area contributed by atoms with Crippen LogP contribution in [0.4, 0.5) is 21.6 Å². The first-order chi connectivity index (χ1) is 16.7. The Morgan fingerprint density at radius 2 is 1.83 bits per heavy atom. The number of hydrogen-bond acceptors (Lipinski definition) is 4. The molecular weight excluding hydrogens is 435 g/mol. The van der Waals surface area contributed by atoms with Gasteiger partial charge in [-0.3, -0.25) is 0 Å². The van der Waals surface area contributed by atoms with Gasteiger partial charge in [-0.25, -0.2) is 9.37 Å². The molecule has 35 heavy (non-hydrogen) atoms. The number of pyridine rings is 1. The molecule has 1 aliphatic heterocycles. The molecule has 0 bridgehead atoms. The summed E-state index contributed by atoms with van der Waals surface area (Å²) in [5, 5.41) is 3.48. The minimum absolute atomic E-state index is 0.639. The van der Waals surface area contributed by atoms with Crippen LogP contribution in [0, 0.1) is 0 Å². The fourth-order valence-electron chi connectivity index (χ4n) is 4.36. The lowest BCUT2D eigenvalue weighted by Crippen LogP contribution is -2.28. The Balaban J connectivity index is 1.69. The third kappa shape index (κ3) is 5.40. The van der Waals surface area contributed by atoms with Gasteiger partial charge in [-0.15, -0.1) is 0 Å². The molecule has 0 fully saturated rings. The summed E-state index contributed by atoms with van der Waals surface area (Å²) >= 11 is 0. The number of aromatic nitrogens is 1. The number of nitrogens with one attached hydrogen (secondary N) is 1. The molecule has 0 spiro atoms. The van der Waals surface area contributed by atoms with E-state index >= 15 is 0 Å². The van der Waals surface area contributed by atoms with Crippen LogP contribution in [0.1, 0.15) is 44.7 Å². The van der Waals surface area contributed by atoms with Crippen LogP contribution in [0.25, 0.3) is 16.8 Å². The summed E-state index contributed by atoms with van der Waals surface area (Å²) in [5.41, 5.74) is 5.17. The van der Waals surface area contributed by atoms with Crippen molar-refractivity contribution in [2.75, 3.05) is 35.3 Å². The van der Waals surface area contributed by atoms with Crippen molar-refractivity contribution in [2.24, 2.45) is 0 Å². The highest BCUT2D eigenvalue weighted by molar-refractivity contribution is 5.76. The number of halogens is 1. The zero-order chi connectivity index (χ0) is 25.2. The van der Waals surface area contributed by atoms with Gasteiger partial charge in [-0.1, -0.05) is 50.4 Å². The van der Waals surface area contributed by atoms with Crippen LogP contribution in [-0.2, 0) is 5.67 Å². The molecule has 1 aromatic heterocycles. The SMILES string of the molecule is C=C(CC)c1cccc(NC(=C)N2CCCN(C)c3ccc(-c4cccc(C(C)(C)F)c4)nc32)c1. The van der Waals surface area contributed by atoms with Gasteiger partial charge in [0.25, 0.3) is 0 Å². The van der Waals surface area contributed by atoms with Crippen LogP contribution >= 0.6 is 0 Å². The molecule has 2 aromatic carbocycles. The van der Waals surface area contributed by atoms with Crippen LogP contribution < -0.4 is 15.1 Å². The standard InChI is InChI=1S/C30H35FN4/c1-7-21(2)23-11-9-14-26(20-23)32-22(3)35-18-10-17-34(6)28-16-15-27(33-29(28)35)24-12-8-13-25(19-24)30(4,5)31/h8-9,11-16,19-20,32H,2-3,7,10,17-18H2,1,4-6H3. The lowest BCUT2D eigenvalue weighted by molar-refractivity contribution is 0.221. The van der Waals surface area contributed by atoms with E-state index in [1.807, 2.05) is 42.5 Å². The topological polar surface area (TPSA) is 31.4 Å². The molecule has 0 unspecified atom stereocenters. The third-order valence-electron chi connectivity index (χ3n) is 6.55. The molecule has 0 aliphatic carbocycles. The zero-order valence-corrected chi connectivity index (χ0v) is 21.2. The molecule has 4 nitrogen and oxygen atoms in total. The molecule has 182 valence electrons. The largest absolute Gasteiger partial charge is 0.372 e. The van der Waals surface area contributed by atoms with Crippen LogP contribution in [0.5, 0.6) is 0 Å². The van der Waals surface area contributed by atoms with Crippen molar-refractivity contribution in [1.82, 2.24) is 4.98 Å². The van der Waals surface area contributed by atoms with E-state index in [-0.39, 0.29) is 0 Å². The summed E-state index contributed by atoms with van der Waals surface area (Å²) in [4.78, 5) is 9.44. The van der Waals surface area contributed by atoms with E-state index in [1.54, 1.807) is 13.8 Å². The Hall–Kier alpha value is -3.60. The van der Waals surface area contributed by atoms with Gasteiger partial charge in [0, 0.05) is 31.4 Å². The van der Waals surface area contributed by atoms with Gasteiger partial charge in [0.2, 0.25) is 0 Å². The van der Waals surface area contributed by atoms with Gasteiger partial charge in [-0.05, 0) is 73.7 Å². The minimum atomic E-state index is -1.41. The highest BCUT2D eigenvalue weighted by atomic mass is 19.1. The predicted molar refractivity (Wildman–Crippen MR) is 148 cm³/mol. The molecule has 0 radical (unpaired) electrons. The molecule has 5 heteroatoms. The minimum Gasteiger partial charge on any atom is -0.372 e. The van der Waals surface area contributed by atoms with E-state index in [1.165, 1.54) is 0 Å². The fraction of sp³-hybridized carbons (Fsp3) is 0.300. The van der Waals surface area contributed by atoms with Gasteiger partial charge in [-0.2, -0.15) is 0 Å². The van der Waals surface area contributed by atoms with E-state index in [2.05, 4.69) is 60.4 Å². The summed E-state index contributed by atoms with van der Waals surface area (Å²) in [6.07, 6.45) is 1.88. The number of rotatable bonds is 7. The Morgan fingerprint density at radius 3 is 2.57 bits per heavy atom. The van der Waals surface area contributed by atoms with Crippen LogP contribution in [0.15, 0.2) is 79.6 Å². The van der Waals surface area contributed by atoms with E-state index in [4.69, 9.17) is 4.98 Å². The summed E-state index contributed by atoms with van der Waals surface area (Å²) in [6.45, 7) is 15.5. The first-order valence-electron chi connectivity index (χ1n) is 12.2. The van der Waals surface area contributed by atoms with Gasteiger partial charge in [0.05, 0.1) is 11.4 Å². The van der Waals surface area contributed by atoms with E-state index < -0.39 is 5.67 Å². The van der Waals surface area contributed by atoms with Gasteiger partial charge < -0.3 is 15.1 Å². The Kier molecular flexibility index (Phi) is 6.97. The normalized spacial score (nSPS) is 13.7. The highest BCUT2D eigenvalue weighted by Gasteiger charge is 2.24. The number of fused-ring (bicyclic) bond motifs is 1. The van der Waals surface area contributed by atoms with Crippen LogP contribution in [0.2, 0.25) is 0 Å².